The van der Waals surface area contributed by atoms with E-state index in [1.54, 1.807) is 6.92 Å². The Labute approximate surface area is 248 Å². The summed E-state index contributed by atoms with van der Waals surface area (Å²) in [4.78, 5) is 28.4. The van der Waals surface area contributed by atoms with Gasteiger partial charge in [-0.05, 0) is 57.8 Å². The molecule has 0 spiro atoms. The summed E-state index contributed by atoms with van der Waals surface area (Å²) >= 11 is 0. The van der Waals surface area contributed by atoms with Gasteiger partial charge in [0.2, 0.25) is 0 Å². The SMILES string of the molecule is CCC(C)C(=O)O[C@H]1CC[C@@]2(C)[C@@H](CC[C@@H]3[C@]2(O)C[C@@]2(O)[C@@H]4CN5C[C@@H](C)CC[C@H]5[C@@](C)(O)[C@@]4(O)[C@@H](O)C[C@@]32O)C1=O. The zero-order valence-electron chi connectivity index (χ0n) is 25.8. The van der Waals surface area contributed by atoms with Gasteiger partial charge in [-0.1, -0.05) is 27.7 Å². The zero-order chi connectivity index (χ0) is 30.8. The summed E-state index contributed by atoms with van der Waals surface area (Å²) in [6.45, 7) is 9.93. The molecule has 6 aliphatic rings. The summed E-state index contributed by atoms with van der Waals surface area (Å²) in [6.07, 6.45) is 0.143. The van der Waals surface area contributed by atoms with Crippen LogP contribution < -0.4 is 0 Å². The molecule has 0 radical (unpaired) electrons. The summed E-state index contributed by atoms with van der Waals surface area (Å²) < 4.78 is 5.64. The van der Waals surface area contributed by atoms with E-state index in [4.69, 9.17) is 4.74 Å². The number of esters is 1. The van der Waals surface area contributed by atoms with Crippen molar-refractivity contribution in [2.75, 3.05) is 13.1 Å². The zero-order valence-corrected chi connectivity index (χ0v) is 25.8. The smallest absolute Gasteiger partial charge is 0.309 e. The third kappa shape index (κ3) is 3.57. The van der Waals surface area contributed by atoms with Crippen molar-refractivity contribution >= 4 is 11.8 Å². The largest absolute Gasteiger partial charge is 0.454 e. The number of ether oxygens (including phenoxy) is 1. The third-order valence-electron chi connectivity index (χ3n) is 13.7. The average molecular weight is 594 g/mol. The maximum Gasteiger partial charge on any atom is 0.309 e. The Hall–Kier alpha value is -1.14. The van der Waals surface area contributed by atoms with Crippen molar-refractivity contribution in [2.24, 2.45) is 35.0 Å². The van der Waals surface area contributed by atoms with Gasteiger partial charge in [-0.3, -0.25) is 14.5 Å². The van der Waals surface area contributed by atoms with Crippen molar-refractivity contribution in [3.63, 3.8) is 0 Å². The molecule has 0 bridgehead atoms. The molecule has 0 aromatic carbocycles. The van der Waals surface area contributed by atoms with Gasteiger partial charge in [0, 0.05) is 55.1 Å². The van der Waals surface area contributed by atoms with E-state index in [0.717, 1.165) is 6.42 Å². The quantitative estimate of drug-likeness (QED) is 0.259. The fourth-order valence-corrected chi connectivity index (χ4v) is 11.0. The van der Waals surface area contributed by atoms with E-state index in [-0.39, 0.29) is 37.5 Å². The van der Waals surface area contributed by atoms with Gasteiger partial charge in [0.15, 0.2) is 11.9 Å². The fourth-order valence-electron chi connectivity index (χ4n) is 11.0. The highest BCUT2D eigenvalue weighted by atomic mass is 16.5. The third-order valence-corrected chi connectivity index (χ3v) is 13.7. The number of piperidine rings is 2. The van der Waals surface area contributed by atoms with Gasteiger partial charge in [0.05, 0.1) is 17.6 Å². The summed E-state index contributed by atoms with van der Waals surface area (Å²) in [5.74, 6) is -3.27. The van der Waals surface area contributed by atoms with Crippen molar-refractivity contribution < 1.29 is 45.0 Å². The Morgan fingerprint density at radius 1 is 0.976 bits per heavy atom. The molecule has 0 aromatic heterocycles. The van der Waals surface area contributed by atoms with Gasteiger partial charge in [-0.2, -0.15) is 0 Å². The van der Waals surface area contributed by atoms with E-state index in [2.05, 4.69) is 11.8 Å². The number of nitrogens with zero attached hydrogens (tertiary/aromatic N) is 1. The number of carbonyl (C=O) groups excluding carboxylic acids is 2. The van der Waals surface area contributed by atoms with Crippen LogP contribution in [0.4, 0.5) is 0 Å². The van der Waals surface area contributed by atoms with E-state index < -0.39 is 81.8 Å². The van der Waals surface area contributed by atoms with Gasteiger partial charge in [0.25, 0.3) is 0 Å². The fraction of sp³-hybridized carbons (Fsp3) is 0.938. The van der Waals surface area contributed by atoms with Crippen molar-refractivity contribution in [3.8, 4) is 0 Å². The molecule has 0 amide bonds. The van der Waals surface area contributed by atoms with Gasteiger partial charge in [-0.15, -0.1) is 0 Å². The molecule has 6 fully saturated rings. The Morgan fingerprint density at radius 2 is 1.67 bits per heavy atom. The number of rotatable bonds is 3. The molecule has 0 aromatic rings. The summed E-state index contributed by atoms with van der Waals surface area (Å²) in [6, 6.07) is -0.418. The maximum absolute atomic E-state index is 13.8. The lowest BCUT2D eigenvalue weighted by atomic mass is 9.48. The average Bonchev–Trinajstić information content (AvgIpc) is 3.10. The van der Waals surface area contributed by atoms with E-state index >= 15 is 0 Å². The minimum atomic E-state index is -2.11. The highest BCUT2D eigenvalue weighted by Gasteiger charge is 2.84. The van der Waals surface area contributed by atoms with Gasteiger partial charge in [-0.25, -0.2) is 0 Å². The van der Waals surface area contributed by atoms with Crippen LogP contribution in [0.1, 0.15) is 92.4 Å². The molecule has 42 heavy (non-hydrogen) atoms. The standard InChI is InChI=1S/C32H51NO9/c1-6-18(3)26(36)42-20-11-12-27(4)19(25(20)35)8-9-21-29(38)13-24(34)32(41)22(31(29,40)16-30(21,27)39)15-33-14-17(2)7-10-23(33)28(32,5)37/h17-24,34,37-41H,6-16H2,1-5H3/t17-,18?,19-,20-,21-,22-,23-,24-,27-,28+,29+,30+,31+,32-/m0/s1. The van der Waals surface area contributed by atoms with E-state index in [1.165, 1.54) is 6.92 Å². The second-order valence-electron chi connectivity index (χ2n) is 15.6. The van der Waals surface area contributed by atoms with Crippen molar-refractivity contribution in [2.45, 2.75) is 139 Å². The highest BCUT2D eigenvalue weighted by Crippen LogP contribution is 2.71. The number of hydrogen-bond acceptors (Lipinski definition) is 10. The monoisotopic (exact) mass is 593 g/mol. The van der Waals surface area contributed by atoms with Crippen molar-refractivity contribution in [3.05, 3.63) is 0 Å². The van der Waals surface area contributed by atoms with Crippen LogP contribution in [0.5, 0.6) is 0 Å². The Balaban J connectivity index is 1.37. The minimum Gasteiger partial charge on any atom is -0.454 e. The topological polar surface area (TPSA) is 168 Å². The number of fused-ring (bicyclic) bond motifs is 8. The molecule has 1 unspecified atom stereocenters. The van der Waals surface area contributed by atoms with Crippen LogP contribution in [-0.2, 0) is 14.3 Å². The second kappa shape index (κ2) is 9.44. The molecule has 10 nitrogen and oxygen atoms in total. The minimum absolute atomic E-state index is 0.160. The number of ketones is 1. The summed E-state index contributed by atoms with van der Waals surface area (Å²) in [7, 11) is 0. The van der Waals surface area contributed by atoms with E-state index in [0.29, 0.717) is 38.1 Å². The van der Waals surface area contributed by atoms with Crippen LogP contribution in [-0.4, -0.2) is 107 Å². The molecule has 2 heterocycles. The van der Waals surface area contributed by atoms with Crippen LogP contribution in [0.3, 0.4) is 0 Å². The van der Waals surface area contributed by atoms with Gasteiger partial charge < -0.3 is 35.4 Å². The van der Waals surface area contributed by atoms with Gasteiger partial charge in [0.1, 0.15) is 22.4 Å². The number of carbonyl (C=O) groups is 2. The lowest BCUT2D eigenvalue weighted by Gasteiger charge is -2.68. The molecule has 6 N–H and O–H groups in total. The molecule has 238 valence electrons. The number of hydrogen-bond donors (Lipinski definition) is 6. The Kier molecular flexibility index (Phi) is 6.94. The van der Waals surface area contributed by atoms with Crippen LogP contribution in [0.15, 0.2) is 0 Å². The molecule has 4 aliphatic carbocycles. The molecule has 2 aliphatic heterocycles. The lowest BCUT2D eigenvalue weighted by molar-refractivity contribution is -0.354. The van der Waals surface area contributed by atoms with Crippen LogP contribution in [0, 0.1) is 35.0 Å². The highest BCUT2D eigenvalue weighted by molar-refractivity contribution is 5.89. The van der Waals surface area contributed by atoms with Gasteiger partial charge >= 0.3 is 5.97 Å². The lowest BCUT2D eigenvalue weighted by Crippen LogP contribution is -2.85. The predicted octanol–water partition coefficient (Wildman–Crippen LogP) is 0.914. The van der Waals surface area contributed by atoms with Crippen LogP contribution >= 0.6 is 0 Å². The number of aliphatic hydroxyl groups is 6. The molecule has 6 rings (SSSR count). The predicted molar refractivity (Wildman–Crippen MR) is 151 cm³/mol. The first-order valence-corrected chi connectivity index (χ1v) is 16.2. The first kappa shape index (κ1) is 30.9. The Morgan fingerprint density at radius 3 is 2.33 bits per heavy atom. The normalized spacial score (nSPS) is 56.4. The summed E-state index contributed by atoms with van der Waals surface area (Å²) in [5.41, 5.74) is -10.6. The molecular formula is C32H51NO9. The first-order valence-electron chi connectivity index (χ1n) is 16.2. The van der Waals surface area contributed by atoms with Crippen molar-refractivity contribution in [1.29, 1.82) is 0 Å². The number of Topliss-reactive ketones (excluding diaryl/α,β-unsaturated/α-hetero) is 1. The molecule has 4 saturated carbocycles. The summed E-state index contributed by atoms with van der Waals surface area (Å²) in [5, 5.41) is 73.7. The van der Waals surface area contributed by atoms with Crippen LogP contribution in [0.25, 0.3) is 0 Å². The maximum atomic E-state index is 13.8. The first-order chi connectivity index (χ1) is 19.4. The van der Waals surface area contributed by atoms with E-state index in [1.807, 2.05) is 13.8 Å². The second-order valence-corrected chi connectivity index (χ2v) is 15.6. The van der Waals surface area contributed by atoms with E-state index in [9.17, 15) is 40.2 Å². The number of aliphatic hydroxyl groups excluding tert-OH is 1. The molecule has 2 saturated heterocycles. The molecule has 10 heteroatoms. The molecule has 14 atom stereocenters. The molecular weight excluding hydrogens is 542 g/mol. The van der Waals surface area contributed by atoms with Crippen LogP contribution in [0.2, 0.25) is 0 Å². The Bertz CT molecular complexity index is 1150. The van der Waals surface area contributed by atoms with Crippen molar-refractivity contribution in [1.82, 2.24) is 4.90 Å².